The first-order valence-electron chi connectivity index (χ1n) is 5.52. The minimum atomic E-state index is 0.267. The van der Waals surface area contributed by atoms with Crippen molar-refractivity contribution in [2.24, 2.45) is 0 Å². The Balaban J connectivity index is 2.68. The number of methoxy groups -OCH3 is 1. The summed E-state index contributed by atoms with van der Waals surface area (Å²) in [5.41, 5.74) is 6.45. The van der Waals surface area contributed by atoms with Crippen LogP contribution < -0.4 is 11.1 Å². The zero-order chi connectivity index (χ0) is 12.0. The molecule has 0 radical (unpaired) electrons. The fourth-order valence-electron chi connectivity index (χ4n) is 1.62. The number of anilines is 2. The number of aromatic nitrogens is 2. The van der Waals surface area contributed by atoms with E-state index in [1.165, 1.54) is 0 Å². The lowest BCUT2D eigenvalue weighted by molar-refractivity contribution is 0.182. The van der Waals surface area contributed by atoms with Gasteiger partial charge in [0.25, 0.3) is 0 Å². The fraction of sp³-hybridized carbons (Fsp3) is 0.636. The molecule has 0 fully saturated rings. The molecule has 1 aromatic heterocycles. The Bertz CT molecular complexity index is 304. The highest BCUT2D eigenvalue weighted by molar-refractivity contribution is 5.41. The summed E-state index contributed by atoms with van der Waals surface area (Å²) in [6.07, 6.45) is 2.14. The molecule has 1 rings (SSSR count). The van der Waals surface area contributed by atoms with Crippen LogP contribution >= 0.6 is 0 Å². The molecule has 5 heteroatoms. The molecule has 0 aliphatic rings. The van der Waals surface area contributed by atoms with Crippen LogP contribution in [0.2, 0.25) is 0 Å². The number of aryl methyl sites for hydroxylation is 1. The van der Waals surface area contributed by atoms with Gasteiger partial charge in [0.1, 0.15) is 5.82 Å². The van der Waals surface area contributed by atoms with Crippen LogP contribution in [-0.2, 0) is 4.74 Å². The van der Waals surface area contributed by atoms with Crippen molar-refractivity contribution >= 4 is 11.8 Å². The molecule has 3 N–H and O–H groups in total. The highest BCUT2D eigenvalue weighted by atomic mass is 16.5. The number of nitrogen functional groups attached to an aromatic ring is 1. The normalized spacial score (nSPS) is 12.4. The molecule has 0 aromatic carbocycles. The second-order valence-electron chi connectivity index (χ2n) is 3.84. The first-order valence-corrected chi connectivity index (χ1v) is 5.52. The molecule has 1 unspecified atom stereocenters. The Kier molecular flexibility index (Phi) is 4.98. The Morgan fingerprint density at radius 1 is 1.50 bits per heavy atom. The molecule has 0 aliphatic heterocycles. The fourth-order valence-corrected chi connectivity index (χ4v) is 1.62. The van der Waals surface area contributed by atoms with Gasteiger partial charge in [-0.1, -0.05) is 13.3 Å². The van der Waals surface area contributed by atoms with Gasteiger partial charge in [-0.2, -0.15) is 4.98 Å². The molecule has 1 atom stereocenters. The lowest BCUT2D eigenvalue weighted by atomic mass is 10.2. The summed E-state index contributed by atoms with van der Waals surface area (Å²) in [6.45, 7) is 4.70. The van der Waals surface area contributed by atoms with E-state index in [9.17, 15) is 0 Å². The first kappa shape index (κ1) is 12.7. The highest BCUT2D eigenvalue weighted by Crippen LogP contribution is 2.11. The zero-order valence-electron chi connectivity index (χ0n) is 10.2. The average molecular weight is 224 g/mol. The predicted molar refractivity (Wildman–Crippen MR) is 65.4 cm³/mol. The molecule has 0 bridgehead atoms. The van der Waals surface area contributed by atoms with E-state index in [0.717, 1.165) is 24.4 Å². The Hall–Kier alpha value is -1.36. The molecule has 1 aromatic rings. The third-order valence-electron chi connectivity index (χ3n) is 2.23. The van der Waals surface area contributed by atoms with Crippen LogP contribution in [0.3, 0.4) is 0 Å². The van der Waals surface area contributed by atoms with E-state index in [2.05, 4.69) is 22.2 Å². The van der Waals surface area contributed by atoms with Gasteiger partial charge in [0.05, 0.1) is 12.6 Å². The third-order valence-corrected chi connectivity index (χ3v) is 2.23. The zero-order valence-corrected chi connectivity index (χ0v) is 10.2. The van der Waals surface area contributed by atoms with Crippen molar-refractivity contribution in [2.45, 2.75) is 32.7 Å². The number of ether oxygens (including phenoxy) is 1. The number of nitrogens with zero attached hydrogens (tertiary/aromatic N) is 2. The minimum Gasteiger partial charge on any atom is -0.383 e. The van der Waals surface area contributed by atoms with Gasteiger partial charge in [0, 0.05) is 18.9 Å². The topological polar surface area (TPSA) is 73.1 Å². The summed E-state index contributed by atoms with van der Waals surface area (Å²) >= 11 is 0. The monoisotopic (exact) mass is 224 g/mol. The summed E-state index contributed by atoms with van der Waals surface area (Å²) in [7, 11) is 1.70. The number of hydrogen-bond acceptors (Lipinski definition) is 5. The maximum atomic E-state index is 5.59. The molecule has 1 heterocycles. The van der Waals surface area contributed by atoms with E-state index < -0.39 is 0 Å². The van der Waals surface area contributed by atoms with Gasteiger partial charge in [-0.05, 0) is 13.3 Å². The van der Waals surface area contributed by atoms with Crippen LogP contribution in [0, 0.1) is 6.92 Å². The molecular formula is C11H20N4O. The van der Waals surface area contributed by atoms with E-state index in [4.69, 9.17) is 10.5 Å². The predicted octanol–water partition coefficient (Wildman–Crippen LogP) is 1.59. The van der Waals surface area contributed by atoms with Crippen LogP contribution in [0.15, 0.2) is 6.07 Å². The lowest BCUT2D eigenvalue weighted by Gasteiger charge is -2.17. The van der Waals surface area contributed by atoms with E-state index in [1.807, 2.05) is 13.0 Å². The Morgan fingerprint density at radius 2 is 2.25 bits per heavy atom. The van der Waals surface area contributed by atoms with Crippen molar-refractivity contribution in [3.05, 3.63) is 11.8 Å². The van der Waals surface area contributed by atoms with Crippen LogP contribution in [0.25, 0.3) is 0 Å². The van der Waals surface area contributed by atoms with Crippen LogP contribution in [-0.4, -0.2) is 29.7 Å². The molecule has 0 saturated heterocycles. The SMILES string of the molecule is CCCC(COC)Nc1cc(C)nc(N)n1. The summed E-state index contributed by atoms with van der Waals surface area (Å²) in [5, 5.41) is 3.31. The van der Waals surface area contributed by atoms with Crippen molar-refractivity contribution < 1.29 is 4.74 Å². The number of hydrogen-bond donors (Lipinski definition) is 2. The smallest absolute Gasteiger partial charge is 0.222 e. The van der Waals surface area contributed by atoms with Gasteiger partial charge in [-0.25, -0.2) is 4.98 Å². The van der Waals surface area contributed by atoms with Crippen molar-refractivity contribution in [1.82, 2.24) is 9.97 Å². The summed E-state index contributed by atoms with van der Waals surface area (Å²) in [5.74, 6) is 1.07. The second kappa shape index (κ2) is 6.27. The standard InChI is InChI=1S/C11H20N4O/c1-4-5-9(7-16-3)14-10-6-8(2)13-11(12)15-10/h6,9H,4-5,7H2,1-3H3,(H3,12,13,14,15). The number of rotatable bonds is 6. The first-order chi connectivity index (χ1) is 7.65. The van der Waals surface area contributed by atoms with E-state index in [0.29, 0.717) is 12.6 Å². The maximum absolute atomic E-state index is 5.59. The van der Waals surface area contributed by atoms with Crippen molar-refractivity contribution in [3.63, 3.8) is 0 Å². The van der Waals surface area contributed by atoms with Gasteiger partial charge in [0.2, 0.25) is 5.95 Å². The average Bonchev–Trinajstić information content (AvgIpc) is 2.16. The molecular weight excluding hydrogens is 204 g/mol. The molecule has 16 heavy (non-hydrogen) atoms. The van der Waals surface area contributed by atoms with Gasteiger partial charge >= 0.3 is 0 Å². The van der Waals surface area contributed by atoms with E-state index in [-0.39, 0.29) is 6.04 Å². The van der Waals surface area contributed by atoms with Crippen LogP contribution in [0.4, 0.5) is 11.8 Å². The van der Waals surface area contributed by atoms with Crippen molar-refractivity contribution in [1.29, 1.82) is 0 Å². The van der Waals surface area contributed by atoms with Crippen molar-refractivity contribution in [3.8, 4) is 0 Å². The second-order valence-corrected chi connectivity index (χ2v) is 3.84. The summed E-state index contributed by atoms with van der Waals surface area (Å²) in [4.78, 5) is 8.17. The lowest BCUT2D eigenvalue weighted by Crippen LogP contribution is -2.25. The van der Waals surface area contributed by atoms with Crippen LogP contribution in [0.1, 0.15) is 25.5 Å². The van der Waals surface area contributed by atoms with Crippen molar-refractivity contribution in [2.75, 3.05) is 24.8 Å². The van der Waals surface area contributed by atoms with Gasteiger partial charge in [0.15, 0.2) is 0 Å². The number of nitrogens with two attached hydrogens (primary N) is 1. The quantitative estimate of drug-likeness (QED) is 0.767. The van der Waals surface area contributed by atoms with Gasteiger partial charge in [-0.15, -0.1) is 0 Å². The van der Waals surface area contributed by atoms with E-state index >= 15 is 0 Å². The summed E-state index contributed by atoms with van der Waals surface area (Å²) in [6, 6.07) is 2.15. The van der Waals surface area contributed by atoms with E-state index in [1.54, 1.807) is 7.11 Å². The largest absolute Gasteiger partial charge is 0.383 e. The Labute approximate surface area is 96.4 Å². The molecule has 90 valence electrons. The molecule has 0 amide bonds. The summed E-state index contributed by atoms with van der Waals surface area (Å²) < 4.78 is 5.15. The highest BCUT2D eigenvalue weighted by Gasteiger charge is 2.08. The maximum Gasteiger partial charge on any atom is 0.222 e. The minimum absolute atomic E-state index is 0.267. The molecule has 0 saturated carbocycles. The van der Waals surface area contributed by atoms with Gasteiger partial charge in [-0.3, -0.25) is 0 Å². The Morgan fingerprint density at radius 3 is 2.81 bits per heavy atom. The van der Waals surface area contributed by atoms with Gasteiger partial charge < -0.3 is 15.8 Å². The molecule has 5 nitrogen and oxygen atoms in total. The number of nitrogens with one attached hydrogen (secondary N) is 1. The van der Waals surface area contributed by atoms with Crippen LogP contribution in [0.5, 0.6) is 0 Å². The molecule has 0 aliphatic carbocycles. The third kappa shape index (κ3) is 4.02. The molecule has 0 spiro atoms.